The van der Waals surface area contributed by atoms with E-state index in [1.54, 1.807) is 18.0 Å². The van der Waals surface area contributed by atoms with Crippen LogP contribution in [-0.4, -0.2) is 27.4 Å². The number of Topliss-reactive ketones (excluding diaryl/α,β-unsaturated/α-hetero) is 1. The van der Waals surface area contributed by atoms with Crippen LogP contribution in [0.15, 0.2) is 77.8 Å². The lowest BCUT2D eigenvalue weighted by molar-refractivity contribution is -0.114. The number of anilines is 3. The van der Waals surface area contributed by atoms with Gasteiger partial charge in [-0.15, -0.1) is 11.8 Å². The van der Waals surface area contributed by atoms with Gasteiger partial charge in [-0.1, -0.05) is 24.6 Å². The number of amides is 1. The number of rotatable bonds is 10. The van der Waals surface area contributed by atoms with Crippen LogP contribution in [0.25, 0.3) is 11.3 Å². The molecule has 1 unspecified atom stereocenters. The molecular formula is C31H31FN4O2S. The molecule has 2 aromatic heterocycles. The Kier molecular flexibility index (Phi) is 8.42. The van der Waals surface area contributed by atoms with Crippen LogP contribution in [0.3, 0.4) is 0 Å². The number of H-pyrrole nitrogens is 1. The van der Waals surface area contributed by atoms with Crippen molar-refractivity contribution in [1.29, 1.82) is 0 Å². The van der Waals surface area contributed by atoms with Crippen molar-refractivity contribution in [2.75, 3.05) is 16.4 Å². The number of pyridine rings is 1. The average molecular weight is 543 g/mol. The lowest BCUT2D eigenvalue weighted by atomic mass is 9.83. The number of thioether (sulfide) groups is 1. The van der Waals surface area contributed by atoms with Gasteiger partial charge in [-0.3, -0.25) is 9.59 Å². The number of benzene rings is 2. The average Bonchev–Trinajstić information content (AvgIpc) is 3.28. The summed E-state index contributed by atoms with van der Waals surface area (Å²) in [5.74, 6) is 1.44. The van der Waals surface area contributed by atoms with Gasteiger partial charge in [-0.25, -0.2) is 9.37 Å². The molecule has 0 saturated heterocycles. The molecular weight excluding hydrogens is 511 g/mol. The molecule has 6 nitrogen and oxygen atoms in total. The van der Waals surface area contributed by atoms with Gasteiger partial charge in [0.25, 0.3) is 0 Å². The Morgan fingerprint density at radius 3 is 2.64 bits per heavy atom. The number of ketones is 1. The summed E-state index contributed by atoms with van der Waals surface area (Å²) in [6.45, 7) is 1.45. The van der Waals surface area contributed by atoms with Crippen molar-refractivity contribution < 1.29 is 14.0 Å². The zero-order chi connectivity index (χ0) is 27.2. The van der Waals surface area contributed by atoms with Crippen molar-refractivity contribution in [3.8, 4) is 11.3 Å². The molecule has 0 aliphatic heterocycles. The van der Waals surface area contributed by atoms with Crippen LogP contribution in [0.1, 0.15) is 48.7 Å². The molecule has 0 saturated carbocycles. The normalized spacial score (nSPS) is 14.6. The van der Waals surface area contributed by atoms with Crippen molar-refractivity contribution >= 4 is 40.6 Å². The van der Waals surface area contributed by atoms with Crippen molar-refractivity contribution in [3.63, 3.8) is 0 Å². The third-order valence-corrected chi connectivity index (χ3v) is 7.91. The van der Waals surface area contributed by atoms with E-state index in [-0.39, 0.29) is 23.4 Å². The second kappa shape index (κ2) is 12.3. The van der Waals surface area contributed by atoms with Crippen LogP contribution >= 0.6 is 11.8 Å². The van der Waals surface area contributed by atoms with E-state index in [9.17, 15) is 14.0 Å². The topological polar surface area (TPSA) is 86.9 Å². The maximum Gasteiger partial charge on any atom is 0.222 e. The molecule has 5 rings (SSSR count). The van der Waals surface area contributed by atoms with Crippen molar-refractivity contribution in [3.05, 3.63) is 90.0 Å². The first-order chi connectivity index (χ1) is 19.0. The molecule has 4 aromatic rings. The third kappa shape index (κ3) is 6.75. The molecule has 8 heteroatoms. The summed E-state index contributed by atoms with van der Waals surface area (Å²) >= 11 is 1.73. The summed E-state index contributed by atoms with van der Waals surface area (Å²) in [6, 6.07) is 20.1. The summed E-state index contributed by atoms with van der Waals surface area (Å²) < 4.78 is 13.1. The second-order valence-electron chi connectivity index (χ2n) is 9.83. The second-order valence-corrected chi connectivity index (χ2v) is 11.0. The van der Waals surface area contributed by atoms with Gasteiger partial charge in [0.2, 0.25) is 5.91 Å². The Labute approximate surface area is 231 Å². The van der Waals surface area contributed by atoms with Crippen molar-refractivity contribution in [2.45, 2.75) is 43.9 Å². The number of unbranched alkanes of at least 4 members (excludes halogenated alkanes) is 1. The van der Waals surface area contributed by atoms with Crippen molar-refractivity contribution in [1.82, 2.24) is 9.97 Å². The minimum atomic E-state index is -0.215. The number of aromatic nitrogens is 2. The molecule has 3 N–H and O–H groups in total. The molecule has 1 aliphatic carbocycles. The Balaban J connectivity index is 1.32. The lowest BCUT2D eigenvalue weighted by Gasteiger charge is -2.22. The maximum absolute atomic E-state index is 13.5. The Morgan fingerprint density at radius 2 is 1.87 bits per heavy atom. The highest BCUT2D eigenvalue weighted by atomic mass is 32.2. The zero-order valence-electron chi connectivity index (χ0n) is 21.8. The molecule has 1 amide bonds. The molecule has 0 radical (unpaired) electrons. The summed E-state index contributed by atoms with van der Waals surface area (Å²) in [7, 11) is 0. The SMILES string of the molecule is CC(=O)Nc1cc(-c2[nH]c3c(c2Nc2ccccc2)C(=O)CC(CCCCSc2ccc(F)cc2)C3)ccn1. The molecule has 2 heterocycles. The molecule has 0 fully saturated rings. The molecule has 39 heavy (non-hydrogen) atoms. The number of nitrogens with one attached hydrogen (secondary N) is 3. The summed E-state index contributed by atoms with van der Waals surface area (Å²) in [6.07, 6.45) is 6.04. The van der Waals surface area contributed by atoms with E-state index >= 15 is 0 Å². The standard InChI is InChI=1S/C31H31FN4O2S/c1-20(37)34-28-19-22(14-15-33-28)30-31(35-24-8-3-2-4-9-24)29-26(36-30)17-21(18-27(29)38)7-5-6-16-39-25-12-10-23(32)11-13-25/h2-4,8-15,19,21,35-36H,5-7,16-18H2,1H3,(H,33,34,37). The van der Waals surface area contributed by atoms with Gasteiger partial charge < -0.3 is 15.6 Å². The first kappa shape index (κ1) is 26.7. The van der Waals surface area contributed by atoms with Gasteiger partial charge in [-0.05, 0) is 79.5 Å². The van der Waals surface area contributed by atoms with E-state index in [2.05, 4.69) is 20.6 Å². The fourth-order valence-electron chi connectivity index (χ4n) is 5.04. The van der Waals surface area contributed by atoms with Gasteiger partial charge in [0, 0.05) is 41.4 Å². The van der Waals surface area contributed by atoms with Gasteiger partial charge in [0.05, 0.1) is 16.9 Å². The number of carbonyl (C=O) groups is 2. The van der Waals surface area contributed by atoms with E-state index in [0.717, 1.165) is 70.2 Å². The molecule has 0 spiro atoms. The smallest absolute Gasteiger partial charge is 0.222 e. The lowest BCUT2D eigenvalue weighted by Crippen LogP contribution is -2.20. The van der Waals surface area contributed by atoms with Gasteiger partial charge in [0.1, 0.15) is 11.6 Å². The summed E-state index contributed by atoms with van der Waals surface area (Å²) in [5.41, 5.74) is 4.96. The number of aromatic amines is 1. The monoisotopic (exact) mass is 542 g/mol. The van der Waals surface area contributed by atoms with Crippen LogP contribution < -0.4 is 10.6 Å². The van der Waals surface area contributed by atoms with Crippen LogP contribution in [0.5, 0.6) is 0 Å². The summed E-state index contributed by atoms with van der Waals surface area (Å²) in [5, 5.41) is 6.22. The third-order valence-electron chi connectivity index (χ3n) is 6.81. The largest absolute Gasteiger partial charge is 0.356 e. The molecule has 200 valence electrons. The number of para-hydroxylation sites is 1. The highest BCUT2D eigenvalue weighted by molar-refractivity contribution is 7.99. The predicted octanol–water partition coefficient (Wildman–Crippen LogP) is 7.63. The van der Waals surface area contributed by atoms with E-state index in [1.165, 1.54) is 19.1 Å². The predicted molar refractivity (Wildman–Crippen MR) is 155 cm³/mol. The Morgan fingerprint density at radius 1 is 1.08 bits per heavy atom. The first-order valence-corrected chi connectivity index (χ1v) is 14.2. The first-order valence-electron chi connectivity index (χ1n) is 13.2. The van der Waals surface area contributed by atoms with E-state index in [4.69, 9.17) is 0 Å². The fraction of sp³-hybridized carbons (Fsp3) is 0.258. The summed E-state index contributed by atoms with van der Waals surface area (Å²) in [4.78, 5) is 34.0. The minimum absolute atomic E-state index is 0.138. The highest BCUT2D eigenvalue weighted by Crippen LogP contribution is 2.41. The van der Waals surface area contributed by atoms with E-state index < -0.39 is 0 Å². The van der Waals surface area contributed by atoms with Gasteiger partial charge in [0.15, 0.2) is 5.78 Å². The maximum atomic E-state index is 13.5. The number of nitrogens with zero attached hydrogens (tertiary/aromatic N) is 1. The van der Waals surface area contributed by atoms with Crippen molar-refractivity contribution in [2.24, 2.45) is 5.92 Å². The molecule has 1 atom stereocenters. The minimum Gasteiger partial charge on any atom is -0.356 e. The number of halogens is 1. The zero-order valence-corrected chi connectivity index (χ0v) is 22.6. The van der Waals surface area contributed by atoms with Crippen LogP contribution in [0.2, 0.25) is 0 Å². The number of hydrogen-bond donors (Lipinski definition) is 3. The van der Waals surface area contributed by atoms with E-state index in [1.807, 2.05) is 54.6 Å². The number of carbonyl (C=O) groups excluding carboxylic acids is 2. The van der Waals surface area contributed by atoms with Crippen LogP contribution in [-0.2, 0) is 11.2 Å². The number of hydrogen-bond acceptors (Lipinski definition) is 5. The molecule has 2 aromatic carbocycles. The van der Waals surface area contributed by atoms with Gasteiger partial charge >= 0.3 is 0 Å². The van der Waals surface area contributed by atoms with Crippen LogP contribution in [0, 0.1) is 11.7 Å². The Bertz CT molecular complexity index is 1450. The molecule has 0 bridgehead atoms. The molecule has 1 aliphatic rings. The quantitative estimate of drug-likeness (QED) is 0.142. The van der Waals surface area contributed by atoms with E-state index in [0.29, 0.717) is 12.2 Å². The number of fused-ring (bicyclic) bond motifs is 1. The fourth-order valence-corrected chi connectivity index (χ4v) is 5.95. The Hall–Kier alpha value is -3.91. The highest BCUT2D eigenvalue weighted by Gasteiger charge is 2.31. The van der Waals surface area contributed by atoms with Crippen LogP contribution in [0.4, 0.5) is 21.6 Å². The van der Waals surface area contributed by atoms with Gasteiger partial charge in [-0.2, -0.15) is 0 Å².